The largest absolute Gasteiger partial charge is 0.390 e. The summed E-state index contributed by atoms with van der Waals surface area (Å²) in [4.78, 5) is 0. The molecular weight excluding hydrogens is 196 g/mol. The van der Waals surface area contributed by atoms with Crippen LogP contribution in [-0.2, 0) is 0 Å². The highest BCUT2D eigenvalue weighted by Crippen LogP contribution is 2.73. The van der Waals surface area contributed by atoms with Gasteiger partial charge in [-0.25, -0.2) is 0 Å². The molecule has 0 aromatic rings. The lowest BCUT2D eigenvalue weighted by Gasteiger charge is -2.44. The van der Waals surface area contributed by atoms with E-state index in [1.54, 1.807) is 0 Å². The Morgan fingerprint density at radius 3 is 2.38 bits per heavy atom. The van der Waals surface area contributed by atoms with Gasteiger partial charge >= 0.3 is 0 Å². The first-order valence-corrected chi connectivity index (χ1v) is 7.03. The number of aliphatic hydroxyl groups is 1. The van der Waals surface area contributed by atoms with Crippen LogP contribution in [0.1, 0.15) is 59.8 Å². The molecule has 1 nitrogen and oxygen atoms in total. The second-order valence-corrected chi connectivity index (χ2v) is 7.70. The Kier molecular flexibility index (Phi) is 1.98. The molecule has 2 bridgehead atoms. The maximum atomic E-state index is 10.6. The van der Waals surface area contributed by atoms with E-state index in [9.17, 15) is 5.11 Å². The van der Waals surface area contributed by atoms with Crippen molar-refractivity contribution in [2.45, 2.75) is 65.4 Å². The minimum Gasteiger partial charge on any atom is -0.390 e. The monoisotopic (exact) mass is 222 g/mol. The lowest BCUT2D eigenvalue weighted by molar-refractivity contribution is -0.0717. The summed E-state index contributed by atoms with van der Waals surface area (Å²) in [6.45, 7) is 9.38. The zero-order valence-electron chi connectivity index (χ0n) is 11.2. The van der Waals surface area contributed by atoms with Gasteiger partial charge < -0.3 is 5.11 Å². The fourth-order valence-corrected chi connectivity index (χ4v) is 5.88. The van der Waals surface area contributed by atoms with Crippen molar-refractivity contribution in [2.24, 2.45) is 28.6 Å². The van der Waals surface area contributed by atoms with Gasteiger partial charge in [0.2, 0.25) is 0 Å². The smallest absolute Gasteiger partial charge is 0.0653 e. The molecule has 1 spiro atoms. The average molecular weight is 222 g/mol. The Morgan fingerprint density at radius 1 is 1.00 bits per heavy atom. The Bertz CT molecular complexity index is 313. The van der Waals surface area contributed by atoms with Crippen LogP contribution in [0.5, 0.6) is 0 Å². The van der Waals surface area contributed by atoms with Crippen LogP contribution in [0.2, 0.25) is 0 Å². The van der Waals surface area contributed by atoms with Crippen LogP contribution >= 0.6 is 0 Å². The minimum absolute atomic E-state index is 0.352. The van der Waals surface area contributed by atoms with Crippen LogP contribution in [0.25, 0.3) is 0 Å². The highest BCUT2D eigenvalue weighted by Gasteiger charge is 2.67. The summed E-state index contributed by atoms with van der Waals surface area (Å²) in [5.41, 5.74) is 0.542. The van der Waals surface area contributed by atoms with E-state index in [2.05, 4.69) is 27.7 Å². The summed E-state index contributed by atoms with van der Waals surface area (Å²) in [6, 6.07) is 0. The van der Waals surface area contributed by atoms with Crippen molar-refractivity contribution in [1.82, 2.24) is 0 Å². The van der Waals surface area contributed by atoms with Gasteiger partial charge in [0, 0.05) is 0 Å². The predicted octanol–water partition coefficient (Wildman–Crippen LogP) is 3.61. The van der Waals surface area contributed by atoms with Gasteiger partial charge in [0.05, 0.1) is 5.60 Å². The Balaban J connectivity index is 2.07. The van der Waals surface area contributed by atoms with Crippen LogP contribution in [0.4, 0.5) is 0 Å². The van der Waals surface area contributed by atoms with Gasteiger partial charge in [-0.15, -0.1) is 0 Å². The summed E-state index contributed by atoms with van der Waals surface area (Å²) in [7, 11) is 0. The molecule has 0 aromatic heterocycles. The molecule has 1 N–H and O–H groups in total. The van der Waals surface area contributed by atoms with Crippen LogP contribution in [0.15, 0.2) is 0 Å². The predicted molar refractivity (Wildman–Crippen MR) is 66.1 cm³/mol. The third kappa shape index (κ3) is 1.06. The molecule has 3 fully saturated rings. The van der Waals surface area contributed by atoms with Crippen molar-refractivity contribution in [3.8, 4) is 0 Å². The molecular formula is C15H26O. The van der Waals surface area contributed by atoms with Crippen molar-refractivity contribution < 1.29 is 5.11 Å². The van der Waals surface area contributed by atoms with Crippen LogP contribution in [0.3, 0.4) is 0 Å². The van der Waals surface area contributed by atoms with Crippen LogP contribution in [-0.4, -0.2) is 10.7 Å². The number of rotatable bonds is 0. The molecule has 92 valence electrons. The Morgan fingerprint density at radius 2 is 1.69 bits per heavy atom. The maximum absolute atomic E-state index is 10.6. The van der Waals surface area contributed by atoms with Crippen molar-refractivity contribution >= 4 is 0 Å². The van der Waals surface area contributed by atoms with E-state index in [1.807, 2.05) is 0 Å². The fraction of sp³-hybridized carbons (Fsp3) is 1.00. The van der Waals surface area contributed by atoms with Gasteiger partial charge in [-0.2, -0.15) is 0 Å². The standard InChI is InChI=1S/C15H26O/c1-10-5-6-11-13(2,3)12-9-15(10,11)8-7-14(12,4)16/h10-12,16H,5-9H2,1-4H3/t10-,11+,12-,14+,15-/m0/s1. The van der Waals surface area contributed by atoms with E-state index < -0.39 is 5.60 Å². The molecule has 3 aliphatic carbocycles. The van der Waals surface area contributed by atoms with Gasteiger partial charge in [-0.3, -0.25) is 0 Å². The number of hydrogen-bond donors (Lipinski definition) is 1. The fourth-order valence-electron chi connectivity index (χ4n) is 5.88. The van der Waals surface area contributed by atoms with E-state index >= 15 is 0 Å². The third-order valence-corrected chi connectivity index (χ3v) is 6.79. The summed E-state index contributed by atoms with van der Waals surface area (Å²) in [5.74, 6) is 2.29. The number of fused-ring (bicyclic) bond motifs is 1. The first-order chi connectivity index (χ1) is 7.31. The molecule has 0 aromatic carbocycles. The molecule has 3 rings (SSSR count). The van der Waals surface area contributed by atoms with Gasteiger partial charge in [-0.1, -0.05) is 20.8 Å². The number of hydrogen-bond acceptors (Lipinski definition) is 1. The summed E-state index contributed by atoms with van der Waals surface area (Å²) in [6.07, 6.45) is 6.41. The minimum atomic E-state index is -0.404. The van der Waals surface area contributed by atoms with E-state index in [0.717, 1.165) is 18.3 Å². The van der Waals surface area contributed by atoms with Gasteiger partial charge in [0.1, 0.15) is 0 Å². The third-order valence-electron chi connectivity index (χ3n) is 6.79. The highest BCUT2D eigenvalue weighted by atomic mass is 16.3. The second kappa shape index (κ2) is 2.85. The summed E-state index contributed by atoms with van der Waals surface area (Å²) < 4.78 is 0. The topological polar surface area (TPSA) is 20.2 Å². The quantitative estimate of drug-likeness (QED) is 0.664. The van der Waals surface area contributed by atoms with Gasteiger partial charge in [0.15, 0.2) is 0 Å². The molecule has 0 amide bonds. The van der Waals surface area contributed by atoms with Crippen LogP contribution in [0, 0.1) is 28.6 Å². The normalized spacial score (nSPS) is 58.7. The zero-order valence-corrected chi connectivity index (χ0v) is 11.2. The average Bonchev–Trinajstić information content (AvgIpc) is 2.58. The maximum Gasteiger partial charge on any atom is 0.0653 e. The SMILES string of the molecule is C[C@H]1CC[C@@H]2C(C)(C)[C@@H]3C[C@]21CC[C@@]3(C)O. The van der Waals surface area contributed by atoms with E-state index in [1.165, 1.54) is 25.7 Å². The first-order valence-electron chi connectivity index (χ1n) is 7.03. The molecule has 0 radical (unpaired) electrons. The Hall–Kier alpha value is -0.0400. The lowest BCUT2D eigenvalue weighted by atomic mass is 9.64. The van der Waals surface area contributed by atoms with Crippen molar-refractivity contribution in [3.63, 3.8) is 0 Å². The van der Waals surface area contributed by atoms with Crippen molar-refractivity contribution in [2.75, 3.05) is 0 Å². The molecule has 0 unspecified atom stereocenters. The molecule has 0 heterocycles. The zero-order chi connectivity index (χ0) is 11.8. The van der Waals surface area contributed by atoms with Gasteiger partial charge in [0.25, 0.3) is 0 Å². The molecule has 16 heavy (non-hydrogen) atoms. The highest BCUT2D eigenvalue weighted by molar-refractivity contribution is 5.16. The molecule has 0 saturated heterocycles. The van der Waals surface area contributed by atoms with Gasteiger partial charge in [-0.05, 0) is 67.6 Å². The van der Waals surface area contributed by atoms with Crippen molar-refractivity contribution in [1.29, 1.82) is 0 Å². The van der Waals surface area contributed by atoms with E-state index in [4.69, 9.17) is 0 Å². The van der Waals surface area contributed by atoms with E-state index in [-0.39, 0.29) is 0 Å². The van der Waals surface area contributed by atoms with Crippen molar-refractivity contribution in [3.05, 3.63) is 0 Å². The van der Waals surface area contributed by atoms with E-state index in [0.29, 0.717) is 16.7 Å². The summed E-state index contributed by atoms with van der Waals surface area (Å²) >= 11 is 0. The molecule has 1 heteroatoms. The summed E-state index contributed by atoms with van der Waals surface area (Å²) in [5, 5.41) is 10.6. The first kappa shape index (κ1) is 11.1. The molecule has 3 aliphatic rings. The molecule has 3 saturated carbocycles. The van der Waals surface area contributed by atoms with Crippen LogP contribution < -0.4 is 0 Å². The lowest BCUT2D eigenvalue weighted by Crippen LogP contribution is -2.44. The molecule has 5 atom stereocenters. The second-order valence-electron chi connectivity index (χ2n) is 7.70. The Labute approximate surface area is 99.6 Å². The molecule has 0 aliphatic heterocycles.